The van der Waals surface area contributed by atoms with Crippen molar-refractivity contribution in [1.82, 2.24) is 19.9 Å². The van der Waals surface area contributed by atoms with Crippen molar-refractivity contribution in [2.24, 2.45) is 0 Å². The van der Waals surface area contributed by atoms with E-state index in [0.717, 1.165) is 22.9 Å². The van der Waals surface area contributed by atoms with Crippen molar-refractivity contribution in [3.63, 3.8) is 0 Å². The van der Waals surface area contributed by atoms with Crippen LogP contribution in [0.15, 0.2) is 48.5 Å². The largest absolute Gasteiger partial charge is 0.433 e. The smallest absolute Gasteiger partial charge is 0.347 e. The maximum atomic E-state index is 13.7. The molecule has 1 amide bonds. The number of hydrogen-bond acceptors (Lipinski definition) is 4. The fourth-order valence-electron chi connectivity index (χ4n) is 2.99. The van der Waals surface area contributed by atoms with Gasteiger partial charge in [-0.05, 0) is 42.3 Å². The van der Waals surface area contributed by atoms with Crippen molar-refractivity contribution >= 4 is 34.5 Å². The van der Waals surface area contributed by atoms with Crippen LogP contribution in [0.4, 0.5) is 13.2 Å². The van der Waals surface area contributed by atoms with Crippen LogP contribution in [0.3, 0.4) is 0 Å². The summed E-state index contributed by atoms with van der Waals surface area (Å²) in [5.41, 5.74) is -0.201. The van der Waals surface area contributed by atoms with Gasteiger partial charge in [0.25, 0.3) is 5.91 Å². The highest BCUT2D eigenvalue weighted by Gasteiger charge is 2.35. The summed E-state index contributed by atoms with van der Waals surface area (Å²) < 4.78 is 41.8. The average Bonchev–Trinajstić information content (AvgIpc) is 3.38. The van der Waals surface area contributed by atoms with Crippen molar-refractivity contribution in [2.75, 3.05) is 0 Å². The van der Waals surface area contributed by atoms with E-state index in [1.165, 1.54) is 17.4 Å². The molecule has 0 bridgehead atoms. The standard InChI is InChI=1S/C21H16ClF3N4OS/c1-2-14-7-8-17(31-14)15-9-18(21(23,24)25)29-19(27-15)10-16(28-29)20(30)26-11-12-3-5-13(22)6-4-12/h3-10H,2,11H2,1H3,(H,26,30). The molecular formula is C21H16ClF3N4OS. The van der Waals surface area contributed by atoms with Gasteiger partial charge in [-0.2, -0.15) is 18.3 Å². The van der Waals surface area contributed by atoms with Crippen LogP contribution in [-0.4, -0.2) is 20.5 Å². The normalized spacial score (nSPS) is 11.8. The van der Waals surface area contributed by atoms with E-state index >= 15 is 0 Å². The Hall–Kier alpha value is -2.91. The van der Waals surface area contributed by atoms with E-state index in [0.29, 0.717) is 14.4 Å². The van der Waals surface area contributed by atoms with E-state index in [4.69, 9.17) is 11.6 Å². The molecule has 160 valence electrons. The first-order chi connectivity index (χ1) is 14.7. The van der Waals surface area contributed by atoms with E-state index in [1.54, 1.807) is 30.3 Å². The Balaban J connectivity index is 1.67. The molecule has 0 unspecified atom stereocenters. The van der Waals surface area contributed by atoms with Crippen LogP contribution in [0.25, 0.3) is 16.2 Å². The number of thiophene rings is 1. The maximum absolute atomic E-state index is 13.7. The van der Waals surface area contributed by atoms with Gasteiger partial charge in [0, 0.05) is 22.5 Å². The Labute approximate surface area is 184 Å². The number of aromatic nitrogens is 3. The molecule has 0 saturated carbocycles. The zero-order valence-corrected chi connectivity index (χ0v) is 17.8. The number of nitrogens with one attached hydrogen (secondary N) is 1. The number of aryl methyl sites for hydroxylation is 1. The molecule has 0 aliphatic rings. The highest BCUT2D eigenvalue weighted by molar-refractivity contribution is 7.15. The Morgan fingerprint density at radius 3 is 2.55 bits per heavy atom. The molecule has 0 aliphatic heterocycles. The Morgan fingerprint density at radius 2 is 1.90 bits per heavy atom. The highest BCUT2D eigenvalue weighted by atomic mass is 35.5. The Bertz CT molecular complexity index is 1250. The fourth-order valence-corrected chi connectivity index (χ4v) is 4.03. The monoisotopic (exact) mass is 464 g/mol. The van der Waals surface area contributed by atoms with E-state index in [-0.39, 0.29) is 23.6 Å². The quantitative estimate of drug-likeness (QED) is 0.417. The molecule has 0 saturated heterocycles. The zero-order valence-electron chi connectivity index (χ0n) is 16.2. The maximum Gasteiger partial charge on any atom is 0.433 e. The summed E-state index contributed by atoms with van der Waals surface area (Å²) in [6.45, 7) is 2.16. The first kappa shape index (κ1) is 21.3. The third kappa shape index (κ3) is 4.57. The molecule has 1 N–H and O–H groups in total. The Morgan fingerprint density at radius 1 is 1.16 bits per heavy atom. The molecule has 0 fully saturated rings. The summed E-state index contributed by atoms with van der Waals surface area (Å²) in [7, 11) is 0. The van der Waals surface area contributed by atoms with Crippen LogP contribution in [0.1, 0.15) is 33.5 Å². The van der Waals surface area contributed by atoms with Gasteiger partial charge in [0.2, 0.25) is 0 Å². The average molecular weight is 465 g/mol. The molecule has 4 aromatic rings. The van der Waals surface area contributed by atoms with Crippen molar-refractivity contribution < 1.29 is 18.0 Å². The predicted octanol–water partition coefficient (Wildman–Crippen LogP) is 5.62. The molecule has 10 heteroatoms. The molecule has 0 aliphatic carbocycles. The number of rotatable bonds is 5. The highest BCUT2D eigenvalue weighted by Crippen LogP contribution is 2.34. The van der Waals surface area contributed by atoms with Crippen LogP contribution >= 0.6 is 22.9 Å². The van der Waals surface area contributed by atoms with Crippen molar-refractivity contribution in [3.8, 4) is 10.6 Å². The zero-order chi connectivity index (χ0) is 22.2. The number of carbonyl (C=O) groups is 1. The van der Waals surface area contributed by atoms with E-state index in [9.17, 15) is 18.0 Å². The number of benzene rings is 1. The number of nitrogens with zero attached hydrogens (tertiary/aromatic N) is 3. The molecule has 3 heterocycles. The third-order valence-corrected chi connectivity index (χ3v) is 6.08. The molecule has 5 nitrogen and oxygen atoms in total. The number of hydrogen-bond donors (Lipinski definition) is 1. The van der Waals surface area contributed by atoms with Gasteiger partial charge in [0.15, 0.2) is 17.0 Å². The second-order valence-corrected chi connectivity index (χ2v) is 8.36. The summed E-state index contributed by atoms with van der Waals surface area (Å²) in [4.78, 5) is 18.5. The molecule has 4 rings (SSSR count). The van der Waals surface area contributed by atoms with Gasteiger partial charge in [-0.3, -0.25) is 4.79 Å². The summed E-state index contributed by atoms with van der Waals surface area (Å²) in [5, 5.41) is 7.08. The minimum absolute atomic E-state index is 0.0482. The first-order valence-corrected chi connectivity index (χ1v) is 10.5. The minimum Gasteiger partial charge on any atom is -0.347 e. The second-order valence-electron chi connectivity index (χ2n) is 6.75. The molecule has 0 atom stereocenters. The third-order valence-electron chi connectivity index (χ3n) is 4.58. The van der Waals surface area contributed by atoms with Crippen molar-refractivity contribution in [1.29, 1.82) is 0 Å². The van der Waals surface area contributed by atoms with Gasteiger partial charge in [-0.1, -0.05) is 30.7 Å². The predicted molar refractivity (Wildman–Crippen MR) is 113 cm³/mol. The molecule has 3 aromatic heterocycles. The van der Waals surface area contributed by atoms with Gasteiger partial charge in [0.1, 0.15) is 0 Å². The molecule has 0 spiro atoms. The van der Waals surface area contributed by atoms with Crippen LogP contribution < -0.4 is 5.32 Å². The summed E-state index contributed by atoms with van der Waals surface area (Å²) >= 11 is 7.22. The van der Waals surface area contributed by atoms with Gasteiger partial charge in [-0.25, -0.2) is 9.50 Å². The van der Waals surface area contributed by atoms with Gasteiger partial charge in [-0.15, -0.1) is 11.3 Å². The second kappa shape index (κ2) is 8.32. The number of amides is 1. The van der Waals surface area contributed by atoms with Gasteiger partial charge in [0.05, 0.1) is 10.6 Å². The Kier molecular flexibility index (Phi) is 5.72. The van der Waals surface area contributed by atoms with E-state index < -0.39 is 17.8 Å². The summed E-state index contributed by atoms with van der Waals surface area (Å²) in [6.07, 6.45) is -3.88. The van der Waals surface area contributed by atoms with Crippen LogP contribution in [0, 0.1) is 0 Å². The van der Waals surface area contributed by atoms with Crippen molar-refractivity contribution in [2.45, 2.75) is 26.1 Å². The van der Waals surface area contributed by atoms with E-state index in [1.807, 2.05) is 13.0 Å². The van der Waals surface area contributed by atoms with Crippen LogP contribution in [-0.2, 0) is 19.1 Å². The van der Waals surface area contributed by atoms with Gasteiger partial charge < -0.3 is 5.32 Å². The number of halogens is 4. The molecule has 1 aromatic carbocycles. The number of alkyl halides is 3. The first-order valence-electron chi connectivity index (χ1n) is 9.34. The minimum atomic E-state index is -4.66. The molecule has 31 heavy (non-hydrogen) atoms. The van der Waals surface area contributed by atoms with Crippen LogP contribution in [0.5, 0.6) is 0 Å². The number of carbonyl (C=O) groups excluding carboxylic acids is 1. The summed E-state index contributed by atoms with van der Waals surface area (Å²) in [6, 6.07) is 12.7. The number of fused-ring (bicyclic) bond motifs is 1. The lowest BCUT2D eigenvalue weighted by atomic mass is 10.2. The molecule has 0 radical (unpaired) electrons. The SMILES string of the molecule is CCc1ccc(-c2cc(C(F)(F)F)n3nc(C(=O)NCc4ccc(Cl)cc4)cc3n2)s1. The molecular weight excluding hydrogens is 449 g/mol. The topological polar surface area (TPSA) is 59.3 Å². The fraction of sp³-hybridized carbons (Fsp3) is 0.190. The van der Waals surface area contributed by atoms with E-state index in [2.05, 4.69) is 15.4 Å². The lowest BCUT2D eigenvalue weighted by Gasteiger charge is -2.10. The lowest BCUT2D eigenvalue weighted by molar-refractivity contribution is -0.142. The van der Waals surface area contributed by atoms with Crippen LogP contribution in [0.2, 0.25) is 5.02 Å². The lowest BCUT2D eigenvalue weighted by Crippen LogP contribution is -2.23. The van der Waals surface area contributed by atoms with Crippen molar-refractivity contribution in [3.05, 3.63) is 75.4 Å². The van der Waals surface area contributed by atoms with Gasteiger partial charge >= 0.3 is 6.18 Å². The summed E-state index contributed by atoms with van der Waals surface area (Å²) in [5.74, 6) is -0.598.